The van der Waals surface area contributed by atoms with Crippen LogP contribution in [0.25, 0.3) is 0 Å². The summed E-state index contributed by atoms with van der Waals surface area (Å²) in [5, 5.41) is 8.83. The van der Waals surface area contributed by atoms with Gasteiger partial charge in [0.2, 0.25) is 0 Å². The molecule has 1 heterocycles. The molecule has 1 aromatic heterocycles. The van der Waals surface area contributed by atoms with Crippen LogP contribution in [0.15, 0.2) is 36.8 Å². The number of aromatic carboxylic acids is 1. The van der Waals surface area contributed by atoms with E-state index in [0.717, 1.165) is 5.56 Å². The Morgan fingerprint density at radius 2 is 2.00 bits per heavy atom. The maximum atomic E-state index is 10.8. The van der Waals surface area contributed by atoms with Crippen LogP contribution in [0.4, 0.5) is 0 Å². The van der Waals surface area contributed by atoms with Crippen LogP contribution in [0, 0.1) is 0 Å². The van der Waals surface area contributed by atoms with Gasteiger partial charge in [0.25, 0.3) is 0 Å². The third-order valence-electron chi connectivity index (χ3n) is 2.89. The number of aromatic nitrogens is 2. The first-order valence-electron chi connectivity index (χ1n) is 5.90. The van der Waals surface area contributed by atoms with E-state index in [1.54, 1.807) is 18.5 Å². The molecule has 1 aromatic carbocycles. The van der Waals surface area contributed by atoms with E-state index in [9.17, 15) is 4.79 Å². The Labute approximate surface area is 106 Å². The van der Waals surface area contributed by atoms with Crippen molar-refractivity contribution in [2.75, 3.05) is 0 Å². The highest BCUT2D eigenvalue weighted by molar-refractivity contribution is 5.87. The zero-order valence-electron chi connectivity index (χ0n) is 10.5. The Balaban J connectivity index is 2.18. The van der Waals surface area contributed by atoms with Crippen LogP contribution in [0.3, 0.4) is 0 Å². The molecule has 0 bridgehead atoms. The minimum absolute atomic E-state index is 0.313. The van der Waals surface area contributed by atoms with Gasteiger partial charge >= 0.3 is 5.97 Å². The van der Waals surface area contributed by atoms with Crippen molar-refractivity contribution in [1.82, 2.24) is 9.55 Å². The van der Waals surface area contributed by atoms with Crippen LogP contribution in [0.1, 0.15) is 41.4 Å². The standard InChI is InChI=1S/C14H16N2O2/c1-10(2)13-7-15-9-16(13)8-11-3-5-12(6-4-11)14(17)18/h3-7,9-10H,8H2,1-2H3,(H,17,18). The lowest BCUT2D eigenvalue weighted by Gasteiger charge is -2.10. The SMILES string of the molecule is CC(C)c1cncn1Cc1ccc(C(=O)O)cc1. The number of carboxylic acid groups (broad SMARTS) is 1. The molecule has 94 valence electrons. The predicted octanol–water partition coefficient (Wildman–Crippen LogP) is 2.75. The number of benzene rings is 1. The number of carbonyl (C=O) groups is 1. The van der Waals surface area contributed by atoms with Crippen molar-refractivity contribution in [3.05, 3.63) is 53.6 Å². The summed E-state index contributed by atoms with van der Waals surface area (Å²) < 4.78 is 2.08. The van der Waals surface area contributed by atoms with Gasteiger partial charge in [-0.2, -0.15) is 0 Å². The Bertz CT molecular complexity index is 541. The van der Waals surface area contributed by atoms with Gasteiger partial charge in [-0.3, -0.25) is 0 Å². The first-order chi connectivity index (χ1) is 8.58. The van der Waals surface area contributed by atoms with Crippen molar-refractivity contribution in [1.29, 1.82) is 0 Å². The van der Waals surface area contributed by atoms with Crippen molar-refractivity contribution in [3.8, 4) is 0 Å². The lowest BCUT2D eigenvalue weighted by atomic mass is 10.1. The van der Waals surface area contributed by atoms with E-state index in [1.807, 2.05) is 18.3 Å². The third-order valence-corrected chi connectivity index (χ3v) is 2.89. The molecule has 0 aliphatic rings. The molecule has 0 atom stereocenters. The first kappa shape index (κ1) is 12.4. The second-order valence-corrected chi connectivity index (χ2v) is 4.60. The number of hydrogen-bond acceptors (Lipinski definition) is 2. The highest BCUT2D eigenvalue weighted by atomic mass is 16.4. The summed E-state index contributed by atoms with van der Waals surface area (Å²) in [6.07, 6.45) is 3.68. The van der Waals surface area contributed by atoms with Crippen molar-refractivity contribution < 1.29 is 9.90 Å². The number of carboxylic acids is 1. The Morgan fingerprint density at radius 3 is 2.56 bits per heavy atom. The lowest BCUT2D eigenvalue weighted by molar-refractivity contribution is 0.0697. The Kier molecular flexibility index (Phi) is 3.46. The van der Waals surface area contributed by atoms with Crippen molar-refractivity contribution >= 4 is 5.97 Å². The van der Waals surface area contributed by atoms with Crippen LogP contribution < -0.4 is 0 Å². The van der Waals surface area contributed by atoms with Crippen LogP contribution >= 0.6 is 0 Å². The van der Waals surface area contributed by atoms with E-state index < -0.39 is 5.97 Å². The summed E-state index contributed by atoms with van der Waals surface area (Å²) in [4.78, 5) is 14.9. The van der Waals surface area contributed by atoms with Crippen LogP contribution in [-0.4, -0.2) is 20.6 Å². The maximum absolute atomic E-state index is 10.8. The number of imidazole rings is 1. The van der Waals surface area contributed by atoms with Gasteiger partial charge in [0.15, 0.2) is 0 Å². The van der Waals surface area contributed by atoms with Crippen LogP contribution in [-0.2, 0) is 6.54 Å². The summed E-state index contributed by atoms with van der Waals surface area (Å²) >= 11 is 0. The molecular formula is C14H16N2O2. The zero-order valence-corrected chi connectivity index (χ0v) is 10.5. The van der Waals surface area contributed by atoms with Crippen molar-refractivity contribution in [3.63, 3.8) is 0 Å². The molecule has 0 radical (unpaired) electrons. The average Bonchev–Trinajstić information content (AvgIpc) is 2.78. The van der Waals surface area contributed by atoms with E-state index in [2.05, 4.69) is 23.4 Å². The van der Waals surface area contributed by atoms with Gasteiger partial charge in [0.05, 0.1) is 11.9 Å². The zero-order chi connectivity index (χ0) is 13.1. The molecule has 18 heavy (non-hydrogen) atoms. The summed E-state index contributed by atoms with van der Waals surface area (Å²) in [6.45, 7) is 4.97. The quantitative estimate of drug-likeness (QED) is 0.899. The molecule has 1 N–H and O–H groups in total. The Hall–Kier alpha value is -2.10. The molecule has 4 heteroatoms. The molecule has 0 amide bonds. The molecule has 0 spiro atoms. The minimum Gasteiger partial charge on any atom is -0.478 e. The monoisotopic (exact) mass is 244 g/mol. The third kappa shape index (κ3) is 2.59. The van der Waals surface area contributed by atoms with Crippen LogP contribution in [0.5, 0.6) is 0 Å². The van der Waals surface area contributed by atoms with E-state index in [-0.39, 0.29) is 0 Å². The molecule has 2 rings (SSSR count). The van der Waals surface area contributed by atoms with Gasteiger partial charge in [0, 0.05) is 18.4 Å². The molecule has 0 saturated heterocycles. The molecular weight excluding hydrogens is 228 g/mol. The highest BCUT2D eigenvalue weighted by Gasteiger charge is 2.07. The maximum Gasteiger partial charge on any atom is 0.335 e. The van der Waals surface area contributed by atoms with Crippen LogP contribution in [0.2, 0.25) is 0 Å². The molecule has 4 nitrogen and oxygen atoms in total. The van der Waals surface area contributed by atoms with E-state index in [0.29, 0.717) is 18.0 Å². The number of hydrogen-bond donors (Lipinski definition) is 1. The number of nitrogens with zero attached hydrogens (tertiary/aromatic N) is 2. The normalized spacial score (nSPS) is 10.8. The smallest absolute Gasteiger partial charge is 0.335 e. The Morgan fingerprint density at radius 1 is 1.33 bits per heavy atom. The molecule has 2 aromatic rings. The van der Waals surface area contributed by atoms with E-state index in [4.69, 9.17) is 5.11 Å². The topological polar surface area (TPSA) is 55.1 Å². The highest BCUT2D eigenvalue weighted by Crippen LogP contribution is 2.15. The number of rotatable bonds is 4. The second-order valence-electron chi connectivity index (χ2n) is 4.60. The van der Waals surface area contributed by atoms with Crippen molar-refractivity contribution in [2.24, 2.45) is 0 Å². The van der Waals surface area contributed by atoms with Crippen molar-refractivity contribution in [2.45, 2.75) is 26.3 Å². The first-order valence-corrected chi connectivity index (χ1v) is 5.90. The minimum atomic E-state index is -0.896. The van der Waals surface area contributed by atoms with Gasteiger partial charge in [0.1, 0.15) is 0 Å². The summed E-state index contributed by atoms with van der Waals surface area (Å²) in [5.74, 6) is -0.474. The molecule has 0 aliphatic heterocycles. The summed E-state index contributed by atoms with van der Waals surface area (Å²) in [6, 6.07) is 6.94. The summed E-state index contributed by atoms with van der Waals surface area (Å²) in [7, 11) is 0. The van der Waals surface area contributed by atoms with Gasteiger partial charge in [-0.25, -0.2) is 9.78 Å². The fourth-order valence-corrected chi connectivity index (χ4v) is 1.89. The summed E-state index contributed by atoms with van der Waals surface area (Å²) in [5.41, 5.74) is 2.56. The molecule has 0 fully saturated rings. The molecule has 0 unspecified atom stereocenters. The molecule has 0 saturated carbocycles. The predicted molar refractivity (Wildman–Crippen MR) is 68.8 cm³/mol. The van der Waals surface area contributed by atoms with Gasteiger partial charge in [-0.15, -0.1) is 0 Å². The van der Waals surface area contributed by atoms with Gasteiger partial charge in [-0.1, -0.05) is 26.0 Å². The molecule has 0 aliphatic carbocycles. The fraction of sp³-hybridized carbons (Fsp3) is 0.286. The second kappa shape index (κ2) is 5.04. The van der Waals surface area contributed by atoms with E-state index >= 15 is 0 Å². The lowest BCUT2D eigenvalue weighted by Crippen LogP contribution is -2.05. The van der Waals surface area contributed by atoms with E-state index in [1.165, 1.54) is 5.69 Å². The largest absolute Gasteiger partial charge is 0.478 e. The average molecular weight is 244 g/mol. The van der Waals surface area contributed by atoms with Gasteiger partial charge < -0.3 is 9.67 Å². The fourth-order valence-electron chi connectivity index (χ4n) is 1.89. The van der Waals surface area contributed by atoms with Gasteiger partial charge in [-0.05, 0) is 23.6 Å².